The lowest BCUT2D eigenvalue weighted by molar-refractivity contribution is 0.569. The molecule has 0 aliphatic heterocycles. The zero-order valence-corrected chi connectivity index (χ0v) is 12.5. The Morgan fingerprint density at radius 2 is 1.81 bits per heavy atom. The van der Waals surface area contributed by atoms with E-state index in [2.05, 4.69) is 30.3 Å². The van der Waals surface area contributed by atoms with Crippen LogP contribution < -0.4 is 5.32 Å². The van der Waals surface area contributed by atoms with E-state index in [1.54, 1.807) is 0 Å². The summed E-state index contributed by atoms with van der Waals surface area (Å²) >= 11 is 0. The van der Waals surface area contributed by atoms with Gasteiger partial charge in [0, 0.05) is 19.2 Å². The molecule has 0 aliphatic rings. The van der Waals surface area contributed by atoms with Gasteiger partial charge in [-0.3, -0.25) is 4.68 Å². The van der Waals surface area contributed by atoms with Gasteiger partial charge in [0.1, 0.15) is 11.6 Å². The van der Waals surface area contributed by atoms with Crippen LogP contribution >= 0.6 is 0 Å². The average molecular weight is 293 g/mol. The van der Waals surface area contributed by atoms with Crippen molar-refractivity contribution in [1.82, 2.24) is 15.1 Å². The van der Waals surface area contributed by atoms with Crippen molar-refractivity contribution in [3.8, 4) is 0 Å². The molecule has 0 radical (unpaired) electrons. The number of benzene rings is 1. The van der Waals surface area contributed by atoms with Gasteiger partial charge in [-0.05, 0) is 50.1 Å². The second kappa shape index (κ2) is 7.31. The first kappa shape index (κ1) is 15.6. The molecule has 2 rings (SSSR count). The van der Waals surface area contributed by atoms with Crippen LogP contribution in [-0.4, -0.2) is 16.3 Å². The summed E-state index contributed by atoms with van der Waals surface area (Å²) in [5.74, 6) is -1.05. The number of halogens is 2. The fourth-order valence-corrected chi connectivity index (χ4v) is 2.31. The molecule has 0 saturated carbocycles. The average Bonchev–Trinajstić information content (AvgIpc) is 2.85. The lowest BCUT2D eigenvalue weighted by atomic mass is 10.1. The largest absolute Gasteiger partial charge is 0.311 e. The molecule has 21 heavy (non-hydrogen) atoms. The quantitative estimate of drug-likeness (QED) is 0.795. The topological polar surface area (TPSA) is 29.9 Å². The summed E-state index contributed by atoms with van der Waals surface area (Å²) < 4.78 is 28.1. The smallest absolute Gasteiger partial charge is 0.126 e. The Kier molecular flexibility index (Phi) is 5.44. The zero-order valence-electron chi connectivity index (χ0n) is 12.5. The van der Waals surface area contributed by atoms with Crippen LogP contribution in [0.3, 0.4) is 0 Å². The van der Waals surface area contributed by atoms with E-state index in [4.69, 9.17) is 0 Å². The highest BCUT2D eigenvalue weighted by Crippen LogP contribution is 2.09. The van der Waals surface area contributed by atoms with Gasteiger partial charge in [0.15, 0.2) is 0 Å². The van der Waals surface area contributed by atoms with Crippen LogP contribution in [0.5, 0.6) is 0 Å². The molecule has 0 fully saturated rings. The highest BCUT2D eigenvalue weighted by Gasteiger charge is 2.05. The van der Waals surface area contributed by atoms with Crippen LogP contribution in [0.4, 0.5) is 8.78 Å². The molecule has 0 atom stereocenters. The van der Waals surface area contributed by atoms with E-state index in [0.29, 0.717) is 25.1 Å². The molecule has 1 N–H and O–H groups in total. The summed E-state index contributed by atoms with van der Waals surface area (Å²) in [4.78, 5) is 0. The molecule has 0 aliphatic carbocycles. The highest BCUT2D eigenvalue weighted by molar-refractivity contribution is 5.18. The normalized spacial score (nSPS) is 11.0. The van der Waals surface area contributed by atoms with Gasteiger partial charge < -0.3 is 5.32 Å². The van der Waals surface area contributed by atoms with E-state index < -0.39 is 11.6 Å². The van der Waals surface area contributed by atoms with Crippen molar-refractivity contribution < 1.29 is 8.78 Å². The van der Waals surface area contributed by atoms with Gasteiger partial charge in [-0.15, -0.1) is 0 Å². The molecule has 3 nitrogen and oxygen atoms in total. The maximum absolute atomic E-state index is 13.1. The number of nitrogens with one attached hydrogen (secondary N) is 1. The molecule has 0 saturated heterocycles. The third-order valence-electron chi connectivity index (χ3n) is 3.39. The first-order valence-electron chi connectivity index (χ1n) is 7.33. The third kappa shape index (κ3) is 4.36. The molecule has 1 heterocycles. The van der Waals surface area contributed by atoms with Gasteiger partial charge in [-0.25, -0.2) is 8.78 Å². The van der Waals surface area contributed by atoms with Gasteiger partial charge in [-0.1, -0.05) is 6.92 Å². The molecule has 5 heteroatoms. The molecule has 114 valence electrons. The van der Waals surface area contributed by atoms with Crippen molar-refractivity contribution in [1.29, 1.82) is 0 Å². The van der Waals surface area contributed by atoms with Crippen LogP contribution in [0.1, 0.15) is 30.8 Å². The summed E-state index contributed by atoms with van der Waals surface area (Å²) in [5, 5.41) is 7.78. The lowest BCUT2D eigenvalue weighted by Gasteiger charge is -2.07. The number of aromatic nitrogens is 2. The number of hydrogen-bond acceptors (Lipinski definition) is 2. The maximum atomic E-state index is 13.1. The molecule has 0 amide bonds. The van der Waals surface area contributed by atoms with E-state index >= 15 is 0 Å². The SMILES string of the molecule is CCc1cc(CNCCc2cc(F)cc(F)c2)n(CC)n1. The number of rotatable bonds is 7. The Balaban J connectivity index is 1.85. The van der Waals surface area contributed by atoms with Crippen molar-refractivity contribution in [3.63, 3.8) is 0 Å². The van der Waals surface area contributed by atoms with Crippen molar-refractivity contribution in [2.45, 2.75) is 39.8 Å². The Labute approximate surface area is 124 Å². The second-order valence-electron chi connectivity index (χ2n) is 5.00. The molecule has 2 aromatic rings. The summed E-state index contributed by atoms with van der Waals surface area (Å²) in [5.41, 5.74) is 2.89. The van der Waals surface area contributed by atoms with Crippen molar-refractivity contribution >= 4 is 0 Å². The first-order chi connectivity index (χ1) is 10.1. The molecule has 1 aromatic heterocycles. The number of aryl methyl sites for hydroxylation is 2. The minimum absolute atomic E-state index is 0.526. The molecule has 0 spiro atoms. The fraction of sp³-hybridized carbons (Fsp3) is 0.438. The van der Waals surface area contributed by atoms with Crippen LogP contribution in [0.25, 0.3) is 0 Å². The molecule has 0 unspecified atom stereocenters. The molecular weight excluding hydrogens is 272 g/mol. The summed E-state index contributed by atoms with van der Waals surface area (Å²) in [7, 11) is 0. The minimum atomic E-state index is -0.526. The van der Waals surface area contributed by atoms with Crippen LogP contribution in [0, 0.1) is 11.6 Å². The van der Waals surface area contributed by atoms with Crippen molar-refractivity contribution in [2.75, 3.05) is 6.54 Å². The monoisotopic (exact) mass is 293 g/mol. The van der Waals surface area contributed by atoms with E-state index in [9.17, 15) is 8.78 Å². The number of hydrogen-bond donors (Lipinski definition) is 1. The van der Waals surface area contributed by atoms with Crippen LogP contribution in [0.2, 0.25) is 0 Å². The predicted octanol–water partition coefficient (Wildman–Crippen LogP) is 3.08. The van der Waals surface area contributed by atoms with E-state index in [1.165, 1.54) is 12.1 Å². The van der Waals surface area contributed by atoms with Gasteiger partial charge in [0.2, 0.25) is 0 Å². The lowest BCUT2D eigenvalue weighted by Crippen LogP contribution is -2.19. The fourth-order valence-electron chi connectivity index (χ4n) is 2.31. The van der Waals surface area contributed by atoms with Crippen molar-refractivity contribution in [3.05, 3.63) is 52.9 Å². The Bertz CT molecular complexity index is 573. The summed E-state index contributed by atoms with van der Waals surface area (Å²) in [6, 6.07) is 5.73. The van der Waals surface area contributed by atoms with Gasteiger partial charge in [0.25, 0.3) is 0 Å². The summed E-state index contributed by atoms with van der Waals surface area (Å²) in [6.07, 6.45) is 1.51. The molecule has 1 aromatic carbocycles. The maximum Gasteiger partial charge on any atom is 0.126 e. The van der Waals surface area contributed by atoms with Gasteiger partial charge >= 0.3 is 0 Å². The van der Waals surface area contributed by atoms with Crippen LogP contribution in [-0.2, 0) is 25.9 Å². The standard InChI is InChI=1S/C16H21F2N3/c1-3-15-10-16(21(4-2)20-15)11-19-6-5-12-7-13(17)9-14(18)8-12/h7-10,19H,3-6,11H2,1-2H3. The van der Waals surface area contributed by atoms with Crippen LogP contribution in [0.15, 0.2) is 24.3 Å². The Morgan fingerprint density at radius 3 is 2.43 bits per heavy atom. The Morgan fingerprint density at radius 1 is 1.10 bits per heavy atom. The second-order valence-corrected chi connectivity index (χ2v) is 5.00. The van der Waals surface area contributed by atoms with E-state index in [1.807, 2.05) is 4.68 Å². The minimum Gasteiger partial charge on any atom is -0.311 e. The van der Waals surface area contributed by atoms with Gasteiger partial charge in [-0.2, -0.15) is 5.10 Å². The van der Waals surface area contributed by atoms with E-state index in [0.717, 1.165) is 30.4 Å². The molecular formula is C16H21F2N3. The zero-order chi connectivity index (χ0) is 15.2. The van der Waals surface area contributed by atoms with E-state index in [-0.39, 0.29) is 0 Å². The molecule has 0 bridgehead atoms. The highest BCUT2D eigenvalue weighted by atomic mass is 19.1. The Hall–Kier alpha value is -1.75. The number of nitrogens with zero attached hydrogens (tertiary/aromatic N) is 2. The predicted molar refractivity (Wildman–Crippen MR) is 79.0 cm³/mol. The third-order valence-corrected chi connectivity index (χ3v) is 3.39. The summed E-state index contributed by atoms with van der Waals surface area (Å²) in [6.45, 7) is 6.35. The van der Waals surface area contributed by atoms with Crippen molar-refractivity contribution in [2.24, 2.45) is 0 Å². The first-order valence-corrected chi connectivity index (χ1v) is 7.33. The van der Waals surface area contributed by atoms with Gasteiger partial charge in [0.05, 0.1) is 11.4 Å².